The van der Waals surface area contributed by atoms with Gasteiger partial charge in [0.1, 0.15) is 5.69 Å². The third-order valence-corrected chi connectivity index (χ3v) is 3.48. The zero-order valence-corrected chi connectivity index (χ0v) is 11.8. The van der Waals surface area contributed by atoms with Gasteiger partial charge in [0, 0.05) is 25.2 Å². The van der Waals surface area contributed by atoms with Crippen LogP contribution in [-0.4, -0.2) is 23.1 Å². The third kappa shape index (κ3) is 2.74. The molecule has 1 aromatic rings. The largest absolute Gasteiger partial charge is 0.328 e. The van der Waals surface area contributed by atoms with E-state index in [2.05, 4.69) is 12.2 Å². The molecule has 1 fully saturated rings. The fraction of sp³-hybridized carbons (Fsp3) is 0.500. The molecule has 1 saturated heterocycles. The number of rotatable bonds is 4. The molecule has 6 nitrogen and oxygen atoms in total. The minimum atomic E-state index is -0.528. The monoisotopic (exact) mass is 277 g/mol. The van der Waals surface area contributed by atoms with E-state index in [1.54, 1.807) is 22.9 Å². The van der Waals surface area contributed by atoms with Gasteiger partial charge in [0.15, 0.2) is 0 Å². The average Bonchev–Trinajstić information content (AvgIpc) is 2.40. The second-order valence-corrected chi connectivity index (χ2v) is 5.00. The van der Waals surface area contributed by atoms with Crippen LogP contribution in [0.1, 0.15) is 39.2 Å². The molecule has 0 aromatic carbocycles. The molecule has 0 saturated carbocycles. The molecular weight excluding hydrogens is 258 g/mol. The maximum absolute atomic E-state index is 12.5. The van der Waals surface area contributed by atoms with Gasteiger partial charge in [-0.15, -0.1) is 0 Å². The lowest BCUT2D eigenvalue weighted by molar-refractivity contribution is -0.120. The molecule has 2 rings (SSSR count). The summed E-state index contributed by atoms with van der Waals surface area (Å²) in [5, 5.41) is 2.23. The van der Waals surface area contributed by atoms with Crippen molar-refractivity contribution in [3.63, 3.8) is 0 Å². The molecule has 2 heterocycles. The number of pyridine rings is 1. The minimum absolute atomic E-state index is 0.0851. The molecule has 1 aromatic heterocycles. The van der Waals surface area contributed by atoms with Gasteiger partial charge in [0.25, 0.3) is 5.56 Å². The zero-order chi connectivity index (χ0) is 14.7. The lowest BCUT2D eigenvalue weighted by Gasteiger charge is -2.27. The highest BCUT2D eigenvalue weighted by Crippen LogP contribution is 2.15. The molecule has 0 radical (unpaired) electrons. The van der Waals surface area contributed by atoms with Gasteiger partial charge in [-0.3, -0.25) is 19.8 Å². The fourth-order valence-electron chi connectivity index (χ4n) is 2.40. The smallest absolute Gasteiger partial charge is 0.311 e. The number of imide groups is 1. The van der Waals surface area contributed by atoms with Crippen LogP contribution in [0.15, 0.2) is 23.1 Å². The summed E-state index contributed by atoms with van der Waals surface area (Å²) in [6.45, 7) is 4.29. The highest BCUT2D eigenvalue weighted by molar-refractivity contribution is 6.05. The number of nitrogens with zero attached hydrogens (tertiary/aromatic N) is 2. The van der Waals surface area contributed by atoms with Crippen LogP contribution in [-0.2, 0) is 4.79 Å². The summed E-state index contributed by atoms with van der Waals surface area (Å²) in [5.41, 5.74) is 0.124. The van der Waals surface area contributed by atoms with Crippen LogP contribution in [0.2, 0.25) is 0 Å². The molecule has 6 heteroatoms. The van der Waals surface area contributed by atoms with Crippen LogP contribution in [0.5, 0.6) is 0 Å². The summed E-state index contributed by atoms with van der Waals surface area (Å²) >= 11 is 0. The van der Waals surface area contributed by atoms with E-state index in [0.29, 0.717) is 5.69 Å². The number of aromatic nitrogens is 1. The summed E-state index contributed by atoms with van der Waals surface area (Å²) in [6.07, 6.45) is 3.83. The van der Waals surface area contributed by atoms with Crippen molar-refractivity contribution in [1.82, 2.24) is 9.88 Å². The van der Waals surface area contributed by atoms with Crippen molar-refractivity contribution in [2.45, 2.75) is 39.2 Å². The first-order valence-electron chi connectivity index (χ1n) is 6.87. The van der Waals surface area contributed by atoms with Gasteiger partial charge < -0.3 is 4.57 Å². The van der Waals surface area contributed by atoms with E-state index in [9.17, 15) is 14.4 Å². The molecule has 108 valence electrons. The Morgan fingerprint density at radius 2 is 2.10 bits per heavy atom. The topological polar surface area (TPSA) is 71.4 Å². The summed E-state index contributed by atoms with van der Waals surface area (Å²) < 4.78 is 1.64. The van der Waals surface area contributed by atoms with Crippen LogP contribution in [0.4, 0.5) is 10.5 Å². The van der Waals surface area contributed by atoms with Gasteiger partial charge in [-0.2, -0.15) is 0 Å². The van der Waals surface area contributed by atoms with E-state index in [4.69, 9.17) is 0 Å². The molecule has 0 aliphatic carbocycles. The predicted molar refractivity (Wildman–Crippen MR) is 75.8 cm³/mol. The van der Waals surface area contributed by atoms with E-state index in [-0.39, 0.29) is 30.5 Å². The average molecular weight is 277 g/mol. The van der Waals surface area contributed by atoms with Crippen LogP contribution >= 0.6 is 0 Å². The van der Waals surface area contributed by atoms with Crippen LogP contribution in [0.3, 0.4) is 0 Å². The van der Waals surface area contributed by atoms with E-state index in [1.165, 1.54) is 4.90 Å². The van der Waals surface area contributed by atoms with E-state index in [1.807, 2.05) is 6.92 Å². The molecule has 3 amide bonds. The number of carbonyl (C=O) groups excluding carboxylic acids is 2. The number of carbonyl (C=O) groups is 2. The second kappa shape index (κ2) is 5.90. The predicted octanol–water partition coefficient (Wildman–Crippen LogP) is 1.66. The standard InChI is InChI=1S/C14H19N3O3/c1-3-5-10(2)16-8-4-6-11(13(16)19)17-9-7-12(18)15-14(17)20/h4,6,8,10H,3,5,7,9H2,1-2H3,(H,15,18,20). The van der Waals surface area contributed by atoms with Gasteiger partial charge in [0.2, 0.25) is 5.91 Å². The Hall–Kier alpha value is -2.11. The second-order valence-electron chi connectivity index (χ2n) is 5.00. The number of urea groups is 1. The number of hydrogen-bond donors (Lipinski definition) is 1. The molecule has 1 unspecified atom stereocenters. The Morgan fingerprint density at radius 1 is 1.35 bits per heavy atom. The molecule has 1 aliphatic rings. The lowest BCUT2D eigenvalue weighted by Crippen LogP contribution is -2.51. The highest BCUT2D eigenvalue weighted by Gasteiger charge is 2.26. The normalized spacial score (nSPS) is 17.0. The summed E-state index contributed by atoms with van der Waals surface area (Å²) in [4.78, 5) is 36.8. The lowest BCUT2D eigenvalue weighted by atomic mass is 10.2. The Morgan fingerprint density at radius 3 is 2.75 bits per heavy atom. The maximum Gasteiger partial charge on any atom is 0.328 e. The van der Waals surface area contributed by atoms with Crippen molar-refractivity contribution < 1.29 is 9.59 Å². The van der Waals surface area contributed by atoms with Crippen LogP contribution in [0.25, 0.3) is 0 Å². The Labute approximate surface area is 117 Å². The van der Waals surface area contributed by atoms with Crippen LogP contribution in [0, 0.1) is 0 Å². The Balaban J connectivity index is 2.33. The van der Waals surface area contributed by atoms with Gasteiger partial charge in [-0.1, -0.05) is 13.3 Å². The third-order valence-electron chi connectivity index (χ3n) is 3.48. The first-order chi connectivity index (χ1) is 9.54. The van der Waals surface area contributed by atoms with E-state index in [0.717, 1.165) is 12.8 Å². The van der Waals surface area contributed by atoms with Crippen molar-refractivity contribution >= 4 is 17.6 Å². The quantitative estimate of drug-likeness (QED) is 0.909. The molecular formula is C14H19N3O3. The van der Waals surface area contributed by atoms with Gasteiger partial charge in [-0.05, 0) is 25.5 Å². The van der Waals surface area contributed by atoms with Crippen LogP contribution < -0.4 is 15.8 Å². The first-order valence-corrected chi connectivity index (χ1v) is 6.87. The molecule has 1 N–H and O–H groups in total. The number of anilines is 1. The molecule has 0 spiro atoms. The van der Waals surface area contributed by atoms with Gasteiger partial charge in [-0.25, -0.2) is 4.79 Å². The van der Waals surface area contributed by atoms with Crippen molar-refractivity contribution in [3.8, 4) is 0 Å². The molecule has 1 aliphatic heterocycles. The van der Waals surface area contributed by atoms with Gasteiger partial charge in [0.05, 0.1) is 0 Å². The number of amides is 3. The fourth-order valence-corrected chi connectivity index (χ4v) is 2.40. The van der Waals surface area contributed by atoms with Crippen molar-refractivity contribution in [2.24, 2.45) is 0 Å². The molecule has 1 atom stereocenters. The zero-order valence-electron chi connectivity index (χ0n) is 11.8. The highest BCUT2D eigenvalue weighted by atomic mass is 16.2. The SMILES string of the molecule is CCCC(C)n1cccc(N2CCC(=O)NC2=O)c1=O. The minimum Gasteiger partial charge on any atom is -0.311 e. The first kappa shape index (κ1) is 14.3. The molecule has 0 bridgehead atoms. The van der Waals surface area contributed by atoms with Crippen molar-refractivity contribution in [1.29, 1.82) is 0 Å². The molecule has 20 heavy (non-hydrogen) atoms. The van der Waals surface area contributed by atoms with Crippen molar-refractivity contribution in [2.75, 3.05) is 11.4 Å². The van der Waals surface area contributed by atoms with E-state index >= 15 is 0 Å². The van der Waals surface area contributed by atoms with E-state index < -0.39 is 6.03 Å². The number of nitrogens with one attached hydrogen (secondary N) is 1. The van der Waals surface area contributed by atoms with Crippen molar-refractivity contribution in [3.05, 3.63) is 28.7 Å². The Kier molecular flexibility index (Phi) is 4.22. The number of hydrogen-bond acceptors (Lipinski definition) is 3. The Bertz CT molecular complexity index is 579. The summed E-state index contributed by atoms with van der Waals surface area (Å²) in [6, 6.07) is 2.93. The summed E-state index contributed by atoms with van der Waals surface area (Å²) in [7, 11) is 0. The summed E-state index contributed by atoms with van der Waals surface area (Å²) in [5.74, 6) is -0.304. The maximum atomic E-state index is 12.5. The van der Waals surface area contributed by atoms with Gasteiger partial charge >= 0.3 is 6.03 Å².